The molecule has 0 radical (unpaired) electrons. The van der Waals surface area contributed by atoms with E-state index in [1.807, 2.05) is 25.1 Å². The SMILES string of the molecule is Cc1ccc2nc(CNC(=O)C3CCCC(C(=O)O)C3)[nH]c2c1. The maximum Gasteiger partial charge on any atom is 0.306 e. The molecule has 2 aromatic rings. The second kappa shape index (κ2) is 6.40. The van der Waals surface area contributed by atoms with E-state index in [4.69, 9.17) is 5.11 Å². The smallest absolute Gasteiger partial charge is 0.306 e. The standard InChI is InChI=1S/C17H21N3O3/c1-10-5-6-13-14(7-10)20-15(19-13)9-18-16(21)11-3-2-4-12(8-11)17(22)23/h5-7,11-12H,2-4,8-9H2,1H3,(H,18,21)(H,19,20)(H,22,23). The topological polar surface area (TPSA) is 95.1 Å². The molecule has 1 aliphatic rings. The number of aryl methyl sites for hydroxylation is 1. The zero-order valence-corrected chi connectivity index (χ0v) is 13.1. The fraction of sp³-hybridized carbons (Fsp3) is 0.471. The summed E-state index contributed by atoms with van der Waals surface area (Å²) in [6.07, 6.45) is 2.65. The third kappa shape index (κ3) is 3.52. The zero-order valence-electron chi connectivity index (χ0n) is 13.1. The van der Waals surface area contributed by atoms with E-state index in [0.717, 1.165) is 29.4 Å². The van der Waals surface area contributed by atoms with Crippen LogP contribution in [0.4, 0.5) is 0 Å². The Morgan fingerprint density at radius 3 is 2.91 bits per heavy atom. The molecule has 1 saturated carbocycles. The van der Waals surface area contributed by atoms with E-state index in [2.05, 4.69) is 15.3 Å². The first-order valence-corrected chi connectivity index (χ1v) is 7.98. The van der Waals surface area contributed by atoms with Crippen LogP contribution in [0.5, 0.6) is 0 Å². The van der Waals surface area contributed by atoms with Crippen LogP contribution >= 0.6 is 0 Å². The number of hydrogen-bond acceptors (Lipinski definition) is 3. The lowest BCUT2D eigenvalue weighted by Gasteiger charge is -2.25. The number of benzene rings is 1. The molecule has 1 aromatic carbocycles. The molecule has 1 aromatic heterocycles. The highest BCUT2D eigenvalue weighted by Gasteiger charge is 2.30. The van der Waals surface area contributed by atoms with Gasteiger partial charge >= 0.3 is 5.97 Å². The van der Waals surface area contributed by atoms with E-state index in [9.17, 15) is 9.59 Å². The Labute approximate surface area is 134 Å². The highest BCUT2D eigenvalue weighted by atomic mass is 16.4. The van der Waals surface area contributed by atoms with Gasteiger partial charge in [-0.25, -0.2) is 4.98 Å². The summed E-state index contributed by atoms with van der Waals surface area (Å²) in [6.45, 7) is 2.35. The van der Waals surface area contributed by atoms with Crippen LogP contribution in [-0.2, 0) is 16.1 Å². The summed E-state index contributed by atoms with van der Waals surface area (Å²) in [7, 11) is 0. The maximum atomic E-state index is 12.3. The van der Waals surface area contributed by atoms with Crippen LogP contribution in [0.1, 0.15) is 37.1 Å². The average molecular weight is 315 g/mol. The van der Waals surface area contributed by atoms with Crippen molar-refractivity contribution in [2.75, 3.05) is 0 Å². The van der Waals surface area contributed by atoms with Gasteiger partial charge in [0.05, 0.1) is 23.5 Å². The summed E-state index contributed by atoms with van der Waals surface area (Å²) >= 11 is 0. The number of imidazole rings is 1. The minimum atomic E-state index is -0.796. The lowest BCUT2D eigenvalue weighted by atomic mass is 9.81. The summed E-state index contributed by atoms with van der Waals surface area (Å²) in [6, 6.07) is 5.97. The predicted molar refractivity (Wildman–Crippen MR) is 85.8 cm³/mol. The quantitative estimate of drug-likeness (QED) is 0.807. The number of carbonyl (C=O) groups is 2. The Bertz CT molecular complexity index is 738. The predicted octanol–water partition coefficient (Wildman–Crippen LogP) is 2.38. The number of carboxylic acid groups (broad SMARTS) is 1. The summed E-state index contributed by atoms with van der Waals surface area (Å²) in [5.74, 6) is -0.766. The Balaban J connectivity index is 1.60. The molecule has 0 aliphatic heterocycles. The zero-order chi connectivity index (χ0) is 16.4. The number of nitrogens with zero attached hydrogens (tertiary/aromatic N) is 1. The molecule has 3 rings (SSSR count). The van der Waals surface area contributed by atoms with E-state index in [1.54, 1.807) is 0 Å². The van der Waals surface area contributed by atoms with Crippen molar-refractivity contribution in [2.24, 2.45) is 11.8 Å². The van der Waals surface area contributed by atoms with Gasteiger partial charge in [0.15, 0.2) is 0 Å². The van der Waals surface area contributed by atoms with E-state index in [-0.39, 0.29) is 11.8 Å². The number of carboxylic acids is 1. The molecule has 122 valence electrons. The number of aromatic nitrogens is 2. The number of carbonyl (C=O) groups excluding carboxylic acids is 1. The van der Waals surface area contributed by atoms with E-state index >= 15 is 0 Å². The Morgan fingerprint density at radius 1 is 1.35 bits per heavy atom. The van der Waals surface area contributed by atoms with Crippen molar-refractivity contribution in [1.82, 2.24) is 15.3 Å². The molecule has 0 spiro atoms. The van der Waals surface area contributed by atoms with Crippen LogP contribution in [0, 0.1) is 18.8 Å². The molecule has 2 atom stereocenters. The first-order chi connectivity index (χ1) is 11.0. The van der Waals surface area contributed by atoms with Gasteiger partial charge in [-0.3, -0.25) is 9.59 Å². The van der Waals surface area contributed by atoms with Gasteiger partial charge in [0.25, 0.3) is 0 Å². The Kier molecular flexibility index (Phi) is 4.32. The summed E-state index contributed by atoms with van der Waals surface area (Å²) < 4.78 is 0. The molecule has 1 aliphatic carbocycles. The van der Waals surface area contributed by atoms with Crippen LogP contribution < -0.4 is 5.32 Å². The molecule has 6 heteroatoms. The van der Waals surface area contributed by atoms with E-state index in [0.29, 0.717) is 25.2 Å². The lowest BCUT2D eigenvalue weighted by molar-refractivity contribution is -0.144. The van der Waals surface area contributed by atoms with Crippen LogP contribution in [0.2, 0.25) is 0 Å². The van der Waals surface area contributed by atoms with Gasteiger partial charge in [0.1, 0.15) is 5.82 Å². The minimum absolute atomic E-state index is 0.0763. The molecular weight excluding hydrogens is 294 g/mol. The Morgan fingerprint density at radius 2 is 2.13 bits per heavy atom. The van der Waals surface area contributed by atoms with Gasteiger partial charge in [-0.1, -0.05) is 12.5 Å². The van der Waals surface area contributed by atoms with Crippen molar-refractivity contribution >= 4 is 22.9 Å². The molecule has 6 nitrogen and oxygen atoms in total. The van der Waals surface area contributed by atoms with Gasteiger partial charge in [-0.05, 0) is 43.9 Å². The van der Waals surface area contributed by atoms with Crippen LogP contribution in [0.25, 0.3) is 11.0 Å². The largest absolute Gasteiger partial charge is 0.481 e. The first kappa shape index (κ1) is 15.5. The highest BCUT2D eigenvalue weighted by molar-refractivity contribution is 5.80. The fourth-order valence-electron chi connectivity index (χ4n) is 3.23. The van der Waals surface area contributed by atoms with Gasteiger partial charge in [0.2, 0.25) is 5.91 Å². The summed E-state index contributed by atoms with van der Waals surface area (Å²) in [4.78, 5) is 31.0. The molecule has 23 heavy (non-hydrogen) atoms. The van der Waals surface area contributed by atoms with Gasteiger partial charge in [-0.15, -0.1) is 0 Å². The first-order valence-electron chi connectivity index (χ1n) is 7.98. The fourth-order valence-corrected chi connectivity index (χ4v) is 3.23. The second-order valence-corrected chi connectivity index (χ2v) is 6.32. The lowest BCUT2D eigenvalue weighted by Crippen LogP contribution is -2.35. The van der Waals surface area contributed by atoms with Crippen molar-refractivity contribution in [3.63, 3.8) is 0 Å². The molecule has 2 unspecified atom stereocenters. The van der Waals surface area contributed by atoms with Crippen molar-refractivity contribution in [1.29, 1.82) is 0 Å². The number of amides is 1. The van der Waals surface area contributed by atoms with E-state index in [1.165, 1.54) is 0 Å². The second-order valence-electron chi connectivity index (χ2n) is 6.32. The molecule has 1 heterocycles. The normalized spacial score (nSPS) is 21.3. The molecule has 1 fully saturated rings. The number of aromatic amines is 1. The van der Waals surface area contributed by atoms with Crippen LogP contribution in [0.3, 0.4) is 0 Å². The molecule has 3 N–H and O–H groups in total. The monoisotopic (exact) mass is 315 g/mol. The number of fused-ring (bicyclic) bond motifs is 1. The summed E-state index contributed by atoms with van der Waals surface area (Å²) in [5, 5.41) is 12.0. The van der Waals surface area contributed by atoms with Gasteiger partial charge in [0, 0.05) is 5.92 Å². The minimum Gasteiger partial charge on any atom is -0.481 e. The summed E-state index contributed by atoms with van der Waals surface area (Å²) in [5.41, 5.74) is 2.99. The number of aliphatic carboxylic acids is 1. The number of rotatable bonds is 4. The third-order valence-electron chi connectivity index (χ3n) is 4.51. The van der Waals surface area contributed by atoms with Crippen molar-refractivity contribution in [3.8, 4) is 0 Å². The average Bonchev–Trinajstić information content (AvgIpc) is 2.94. The van der Waals surface area contributed by atoms with Crippen molar-refractivity contribution in [3.05, 3.63) is 29.6 Å². The van der Waals surface area contributed by atoms with E-state index < -0.39 is 11.9 Å². The van der Waals surface area contributed by atoms with Crippen LogP contribution in [0.15, 0.2) is 18.2 Å². The molecule has 1 amide bonds. The van der Waals surface area contributed by atoms with Crippen molar-refractivity contribution in [2.45, 2.75) is 39.2 Å². The van der Waals surface area contributed by atoms with Crippen LogP contribution in [-0.4, -0.2) is 27.0 Å². The molecular formula is C17H21N3O3. The Hall–Kier alpha value is -2.37. The number of nitrogens with one attached hydrogen (secondary N) is 2. The number of hydrogen-bond donors (Lipinski definition) is 3. The van der Waals surface area contributed by atoms with Gasteiger partial charge in [-0.2, -0.15) is 0 Å². The molecule has 0 bridgehead atoms. The number of H-pyrrole nitrogens is 1. The third-order valence-corrected chi connectivity index (χ3v) is 4.51. The van der Waals surface area contributed by atoms with Gasteiger partial charge < -0.3 is 15.4 Å². The highest BCUT2D eigenvalue weighted by Crippen LogP contribution is 2.29. The maximum absolute atomic E-state index is 12.3. The molecule has 0 saturated heterocycles. The van der Waals surface area contributed by atoms with Crippen molar-refractivity contribution < 1.29 is 14.7 Å².